The van der Waals surface area contributed by atoms with E-state index < -0.39 is 23.5 Å². The van der Waals surface area contributed by atoms with Gasteiger partial charge in [-0.3, -0.25) is 5.32 Å². The molecule has 7 nitrogen and oxygen atoms in total. The summed E-state index contributed by atoms with van der Waals surface area (Å²) in [6, 6.07) is 4.32. The summed E-state index contributed by atoms with van der Waals surface area (Å²) in [5.74, 6) is 0.218. The molecule has 13 heteroatoms. The van der Waals surface area contributed by atoms with Gasteiger partial charge in [-0.15, -0.1) is 0 Å². The highest BCUT2D eigenvalue weighted by Crippen LogP contribution is 2.48. The van der Waals surface area contributed by atoms with E-state index in [0.29, 0.717) is 18.9 Å². The van der Waals surface area contributed by atoms with Crippen molar-refractivity contribution in [3.8, 4) is 11.3 Å². The van der Waals surface area contributed by atoms with E-state index in [1.165, 1.54) is 36.8 Å². The van der Waals surface area contributed by atoms with Gasteiger partial charge >= 0.3 is 6.09 Å². The number of carbonyl (C=O) groups excluding carboxylic acids is 1. The van der Waals surface area contributed by atoms with Gasteiger partial charge in [0.25, 0.3) is 11.3 Å². The van der Waals surface area contributed by atoms with Crippen molar-refractivity contribution >= 4 is 36.2 Å². The number of hydrogen-bond donors (Lipinski definition) is 2. The molecule has 5 rings (SSSR count). The van der Waals surface area contributed by atoms with Crippen LogP contribution in [0.1, 0.15) is 23.7 Å². The van der Waals surface area contributed by atoms with Gasteiger partial charge in [0, 0.05) is 42.5 Å². The number of anilines is 2. The first kappa shape index (κ1) is 21.7. The molecule has 1 aliphatic carbocycles. The monoisotopic (exact) mass is 487 g/mol. The van der Waals surface area contributed by atoms with Crippen molar-refractivity contribution in [2.24, 2.45) is 0 Å². The van der Waals surface area contributed by atoms with Crippen LogP contribution in [-0.2, 0) is 10.4 Å². The summed E-state index contributed by atoms with van der Waals surface area (Å²) in [5.41, 5.74) is -7.03. The number of rotatable bonds is 4. The molecule has 0 bridgehead atoms. The molecule has 4 unspecified atom stereocenters. The predicted molar refractivity (Wildman–Crippen MR) is 116 cm³/mol. The van der Waals surface area contributed by atoms with E-state index in [2.05, 4.69) is 20.6 Å². The molecule has 0 radical (unpaired) electrons. The number of piperazine rings is 1. The number of amides is 1. The number of nitrogens with zero attached hydrogens (tertiary/aromatic N) is 3. The quantitative estimate of drug-likeness (QED) is 0.506. The van der Waals surface area contributed by atoms with Gasteiger partial charge in [-0.2, -0.15) is 17.6 Å². The van der Waals surface area contributed by atoms with E-state index in [1.807, 2.05) is 4.90 Å². The fraction of sp³-hybridized carbons (Fsp3) is 0.421. The van der Waals surface area contributed by atoms with Crippen LogP contribution in [0, 0.1) is 0 Å². The Labute approximate surface area is 185 Å². The Kier molecular flexibility index (Phi) is 5.07. The molecule has 4 heterocycles. The Balaban J connectivity index is 1.68. The van der Waals surface area contributed by atoms with Crippen molar-refractivity contribution in [3.63, 3.8) is 0 Å². The molecule has 0 aromatic carbocycles. The number of nitrogens with one attached hydrogen (secondary N) is 2. The fourth-order valence-corrected chi connectivity index (χ4v) is 4.59. The summed E-state index contributed by atoms with van der Waals surface area (Å²) >= 11 is 0. The maximum atomic E-state index is 14.3. The number of hydrogen-bond acceptors (Lipinski definition) is 6. The van der Waals surface area contributed by atoms with Crippen molar-refractivity contribution < 1.29 is 27.1 Å². The molecule has 32 heavy (non-hydrogen) atoms. The number of halogens is 4. The second kappa shape index (κ2) is 7.47. The van der Waals surface area contributed by atoms with Crippen LogP contribution in [0.4, 0.5) is 34.0 Å². The normalized spacial score (nSPS) is 24.9. The van der Waals surface area contributed by atoms with E-state index in [1.54, 1.807) is 0 Å². The maximum absolute atomic E-state index is 14.3. The van der Waals surface area contributed by atoms with Crippen LogP contribution in [-0.4, -0.2) is 46.9 Å². The van der Waals surface area contributed by atoms with Gasteiger partial charge in [-0.1, -0.05) is 18.5 Å². The Morgan fingerprint density at radius 2 is 2.00 bits per heavy atom. The maximum Gasteiger partial charge on any atom is 0.413 e. The molecule has 0 spiro atoms. The Bertz CT molecular complexity index is 1090. The second-order valence-electron chi connectivity index (χ2n) is 7.98. The summed E-state index contributed by atoms with van der Waals surface area (Å²) in [7, 11) is 2.84. The van der Waals surface area contributed by atoms with Crippen molar-refractivity contribution in [1.29, 1.82) is 0 Å². The summed E-state index contributed by atoms with van der Waals surface area (Å²) < 4.78 is 62.2. The third-order valence-electron chi connectivity index (χ3n) is 5.73. The smallest absolute Gasteiger partial charge is 0.413 e. The molecule has 2 fully saturated rings. The fourth-order valence-electron chi connectivity index (χ4n) is 4.18. The van der Waals surface area contributed by atoms with E-state index in [-0.39, 0.29) is 40.3 Å². The lowest BCUT2D eigenvalue weighted by Gasteiger charge is -2.32. The van der Waals surface area contributed by atoms with Crippen LogP contribution in [0.3, 0.4) is 0 Å². The minimum absolute atomic E-state index is 0.0630. The van der Waals surface area contributed by atoms with Crippen molar-refractivity contribution in [1.82, 2.24) is 15.3 Å². The molecule has 2 aromatic rings. The molecule has 2 aromatic heterocycles. The van der Waals surface area contributed by atoms with E-state index in [0.717, 1.165) is 12.5 Å². The van der Waals surface area contributed by atoms with Gasteiger partial charge in [0.2, 0.25) is 0 Å². The molecule has 1 saturated carbocycles. The lowest BCUT2D eigenvalue weighted by molar-refractivity contribution is -0.0441. The topological polar surface area (TPSA) is 79.4 Å². The van der Waals surface area contributed by atoms with E-state index in [9.17, 15) is 22.4 Å². The van der Waals surface area contributed by atoms with Crippen LogP contribution in [0.25, 0.3) is 11.3 Å². The Morgan fingerprint density at radius 1 is 1.22 bits per heavy atom. The first-order chi connectivity index (χ1) is 15.0. The highest BCUT2D eigenvalue weighted by molar-refractivity contribution is 7.18. The first-order valence-electron chi connectivity index (χ1n) is 9.85. The number of fused-ring (bicyclic) bond motifs is 2. The van der Waals surface area contributed by atoms with Crippen LogP contribution >= 0.6 is 18.5 Å². The lowest BCUT2D eigenvalue weighted by Crippen LogP contribution is -2.44. The summed E-state index contributed by atoms with van der Waals surface area (Å²) in [6.45, 7) is 1.27. The molecule has 1 saturated heterocycles. The zero-order valence-electron chi connectivity index (χ0n) is 16.5. The third-order valence-corrected chi connectivity index (χ3v) is 6.37. The highest BCUT2D eigenvalue weighted by atomic mass is 31.0. The number of aromatic nitrogens is 2. The second-order valence-corrected chi connectivity index (χ2v) is 9.48. The zero-order chi connectivity index (χ0) is 22.8. The minimum Gasteiger partial charge on any atom is -0.434 e. The first-order valence-corrected chi connectivity index (χ1v) is 11.0. The Hall–Kier alpha value is -2.09. The van der Waals surface area contributed by atoms with Crippen LogP contribution in [0.5, 0.6) is 0 Å². The van der Waals surface area contributed by atoms with E-state index >= 15 is 0 Å². The zero-order valence-corrected chi connectivity index (χ0v) is 18.8. The summed E-state index contributed by atoms with van der Waals surface area (Å²) in [6.07, 6.45) is -0.873. The van der Waals surface area contributed by atoms with Gasteiger partial charge in [0.05, 0.1) is 11.3 Å². The number of cyclic esters (lactones) is 1. The standard InChI is InChI=1S/C19H19F4N5O2P2/c20-18(21,31)8-5-10(26-13(6-8)28-4-3-24-11-7-12(11)28)9-1-2-25-16-14(9)15(19(22,23)32)30-17(29)27-16/h1-2,5-6,11-12,15,24H,3-4,7,31-32H2,(H,25,27,29)/t11?,12?,15-/m1/s1. The van der Waals surface area contributed by atoms with Gasteiger partial charge in [0.15, 0.2) is 6.10 Å². The van der Waals surface area contributed by atoms with Gasteiger partial charge in [0.1, 0.15) is 11.6 Å². The van der Waals surface area contributed by atoms with Gasteiger partial charge < -0.3 is 15.0 Å². The lowest BCUT2D eigenvalue weighted by atomic mass is 9.98. The molecule has 3 aliphatic rings. The molecule has 170 valence electrons. The largest absolute Gasteiger partial charge is 0.434 e. The summed E-state index contributed by atoms with van der Waals surface area (Å²) in [4.78, 5) is 22.3. The molecule has 5 atom stereocenters. The van der Waals surface area contributed by atoms with Crippen molar-refractivity contribution in [2.45, 2.75) is 35.9 Å². The Morgan fingerprint density at radius 3 is 2.72 bits per heavy atom. The molecular weight excluding hydrogens is 468 g/mol. The molecular formula is C19H19F4N5O2P2. The van der Waals surface area contributed by atoms with Crippen LogP contribution < -0.4 is 15.5 Å². The third kappa shape index (κ3) is 3.91. The van der Waals surface area contributed by atoms with Gasteiger partial charge in [-0.05, 0) is 24.6 Å². The number of alkyl halides is 4. The van der Waals surface area contributed by atoms with E-state index in [4.69, 9.17) is 4.74 Å². The predicted octanol–water partition coefficient (Wildman–Crippen LogP) is 3.69. The van der Waals surface area contributed by atoms with Crippen molar-refractivity contribution in [2.75, 3.05) is 23.3 Å². The highest BCUT2D eigenvalue weighted by Gasteiger charge is 2.47. The van der Waals surface area contributed by atoms with Crippen LogP contribution in [0.2, 0.25) is 0 Å². The SMILES string of the molecule is O=C1Nc2nccc(-c3cc(C(F)(F)P)cc(N4CCNC5CC54)n3)c2[C@H](C(F)(F)P)O1. The number of ether oxygens (including phenoxy) is 1. The van der Waals surface area contributed by atoms with Crippen LogP contribution in [0.15, 0.2) is 24.4 Å². The average Bonchev–Trinajstić information content (AvgIpc) is 3.50. The molecule has 2 aliphatic heterocycles. The number of carbonyl (C=O) groups is 1. The minimum atomic E-state index is -3.52. The molecule has 2 N–H and O–H groups in total. The average molecular weight is 487 g/mol. The number of pyridine rings is 2. The van der Waals surface area contributed by atoms with Crippen molar-refractivity contribution in [3.05, 3.63) is 35.5 Å². The summed E-state index contributed by atoms with van der Waals surface area (Å²) in [5, 5.41) is 5.64. The van der Waals surface area contributed by atoms with Gasteiger partial charge in [-0.25, -0.2) is 14.8 Å². The molecule has 1 amide bonds.